The summed E-state index contributed by atoms with van der Waals surface area (Å²) in [6, 6.07) is 13.5. The lowest BCUT2D eigenvalue weighted by Gasteiger charge is -2.23. The summed E-state index contributed by atoms with van der Waals surface area (Å²) in [5.41, 5.74) is 1.33. The van der Waals surface area contributed by atoms with Crippen molar-refractivity contribution in [2.24, 2.45) is 11.8 Å². The monoisotopic (exact) mass is 462 g/mol. The molecular formula is C26H26N2O6. The Morgan fingerprint density at radius 3 is 2.76 bits per heavy atom. The summed E-state index contributed by atoms with van der Waals surface area (Å²) in [5.74, 6) is 1.01. The first-order valence-electron chi connectivity index (χ1n) is 11.5. The second-order valence-corrected chi connectivity index (χ2v) is 9.17. The number of rotatable bonds is 7. The van der Waals surface area contributed by atoms with Crippen molar-refractivity contribution in [3.05, 3.63) is 65.7 Å². The molecule has 0 saturated carbocycles. The third kappa shape index (κ3) is 3.40. The number of amides is 2. The van der Waals surface area contributed by atoms with Crippen LogP contribution in [-0.2, 0) is 27.3 Å². The number of ether oxygens (including phenoxy) is 4. The first-order chi connectivity index (χ1) is 16.6. The van der Waals surface area contributed by atoms with E-state index >= 15 is 0 Å². The zero-order valence-corrected chi connectivity index (χ0v) is 18.9. The molecule has 4 atom stereocenters. The topological polar surface area (TPSA) is 86.3 Å². The molecule has 6 rings (SSSR count). The fourth-order valence-corrected chi connectivity index (χ4v) is 5.51. The van der Waals surface area contributed by atoms with Crippen molar-refractivity contribution in [1.29, 1.82) is 0 Å². The molecule has 2 saturated heterocycles. The first-order valence-corrected chi connectivity index (χ1v) is 11.5. The molecule has 176 valence electrons. The third-order valence-corrected chi connectivity index (χ3v) is 7.16. The van der Waals surface area contributed by atoms with E-state index in [0.29, 0.717) is 37.6 Å². The van der Waals surface area contributed by atoms with Gasteiger partial charge in [0.05, 0.1) is 31.6 Å². The molecule has 2 aromatic rings. The van der Waals surface area contributed by atoms with Gasteiger partial charge in [-0.2, -0.15) is 0 Å². The predicted octanol–water partition coefficient (Wildman–Crippen LogP) is 2.06. The molecule has 4 aliphatic rings. The van der Waals surface area contributed by atoms with Crippen molar-refractivity contribution >= 4 is 11.8 Å². The van der Waals surface area contributed by atoms with Crippen molar-refractivity contribution in [1.82, 2.24) is 10.2 Å². The van der Waals surface area contributed by atoms with Crippen LogP contribution in [0.15, 0.2) is 54.6 Å². The molecule has 4 heterocycles. The Hall–Kier alpha value is -3.52. The van der Waals surface area contributed by atoms with Gasteiger partial charge >= 0.3 is 0 Å². The van der Waals surface area contributed by atoms with Crippen LogP contribution in [0, 0.1) is 11.8 Å². The van der Waals surface area contributed by atoms with Gasteiger partial charge in [-0.05, 0) is 41.8 Å². The quantitative estimate of drug-likeness (QED) is 0.634. The van der Waals surface area contributed by atoms with Gasteiger partial charge in [0, 0.05) is 13.1 Å². The van der Waals surface area contributed by atoms with Crippen LogP contribution in [0.5, 0.6) is 17.2 Å². The van der Waals surface area contributed by atoms with Crippen LogP contribution in [0.2, 0.25) is 0 Å². The highest BCUT2D eigenvalue weighted by atomic mass is 16.7. The lowest BCUT2D eigenvalue weighted by atomic mass is 9.77. The van der Waals surface area contributed by atoms with Crippen molar-refractivity contribution in [2.45, 2.75) is 24.7 Å². The molecule has 8 nitrogen and oxygen atoms in total. The molecule has 0 unspecified atom stereocenters. The average molecular weight is 463 g/mol. The summed E-state index contributed by atoms with van der Waals surface area (Å²) in [6.07, 6.45) is 4.24. The molecule has 0 radical (unpaired) electrons. The van der Waals surface area contributed by atoms with Gasteiger partial charge in [-0.25, -0.2) is 0 Å². The molecular weight excluding hydrogens is 436 g/mol. The van der Waals surface area contributed by atoms with E-state index in [1.165, 1.54) is 0 Å². The highest BCUT2D eigenvalue weighted by Crippen LogP contribution is 2.52. The van der Waals surface area contributed by atoms with Crippen LogP contribution in [0.3, 0.4) is 0 Å². The molecule has 34 heavy (non-hydrogen) atoms. The van der Waals surface area contributed by atoms with Gasteiger partial charge in [-0.15, -0.1) is 0 Å². The minimum Gasteiger partial charge on any atom is -0.497 e. The minimum atomic E-state index is -0.726. The number of likely N-dealkylation sites (tertiary alicyclic amines) is 1. The van der Waals surface area contributed by atoms with Crippen LogP contribution < -0.4 is 19.5 Å². The van der Waals surface area contributed by atoms with Gasteiger partial charge in [-0.1, -0.05) is 30.4 Å². The second kappa shape index (κ2) is 8.06. The molecule has 2 fully saturated rings. The number of carbonyl (C=O) groups is 2. The Morgan fingerprint density at radius 2 is 1.94 bits per heavy atom. The lowest BCUT2D eigenvalue weighted by Crippen LogP contribution is -2.44. The number of nitrogens with zero attached hydrogens (tertiary/aromatic N) is 1. The van der Waals surface area contributed by atoms with E-state index in [1.807, 2.05) is 54.6 Å². The summed E-state index contributed by atoms with van der Waals surface area (Å²) in [4.78, 5) is 28.4. The van der Waals surface area contributed by atoms with E-state index < -0.39 is 17.4 Å². The van der Waals surface area contributed by atoms with Gasteiger partial charge in [0.2, 0.25) is 18.6 Å². The number of carbonyl (C=O) groups excluding carboxylic acids is 2. The van der Waals surface area contributed by atoms with Gasteiger partial charge in [0.25, 0.3) is 0 Å². The van der Waals surface area contributed by atoms with Crippen molar-refractivity contribution < 1.29 is 28.5 Å². The summed E-state index contributed by atoms with van der Waals surface area (Å²) in [6.45, 7) is 1.57. The Morgan fingerprint density at radius 1 is 1.15 bits per heavy atom. The van der Waals surface area contributed by atoms with Gasteiger partial charge in [0.15, 0.2) is 11.5 Å². The van der Waals surface area contributed by atoms with E-state index in [9.17, 15) is 9.59 Å². The van der Waals surface area contributed by atoms with E-state index in [0.717, 1.165) is 16.9 Å². The summed E-state index contributed by atoms with van der Waals surface area (Å²) in [7, 11) is 1.63. The fourth-order valence-electron chi connectivity index (χ4n) is 5.51. The molecule has 1 spiro atoms. The Balaban J connectivity index is 1.12. The molecule has 4 aliphatic heterocycles. The number of hydrogen-bond acceptors (Lipinski definition) is 6. The molecule has 2 aromatic carbocycles. The molecule has 2 amide bonds. The smallest absolute Gasteiger partial charge is 0.231 e. The first kappa shape index (κ1) is 21.0. The maximum Gasteiger partial charge on any atom is 0.231 e. The highest BCUT2D eigenvalue weighted by Gasteiger charge is 2.66. The molecule has 1 N–H and O–H groups in total. The van der Waals surface area contributed by atoms with Crippen molar-refractivity contribution in [3.8, 4) is 17.2 Å². The Bertz CT molecular complexity index is 1160. The number of methoxy groups -OCH3 is 1. The Labute approximate surface area is 197 Å². The number of hydrogen-bond donors (Lipinski definition) is 1. The van der Waals surface area contributed by atoms with Crippen LogP contribution >= 0.6 is 0 Å². The number of nitrogens with one attached hydrogen (secondary N) is 1. The van der Waals surface area contributed by atoms with Gasteiger partial charge < -0.3 is 29.2 Å². The fraction of sp³-hybridized carbons (Fsp3) is 0.385. The van der Waals surface area contributed by atoms with Gasteiger partial charge in [-0.3, -0.25) is 9.59 Å². The number of benzene rings is 2. The summed E-state index contributed by atoms with van der Waals surface area (Å²) < 4.78 is 22.2. The van der Waals surface area contributed by atoms with Crippen LogP contribution in [0.4, 0.5) is 0 Å². The van der Waals surface area contributed by atoms with E-state index in [-0.39, 0.29) is 24.7 Å². The largest absolute Gasteiger partial charge is 0.497 e. The summed E-state index contributed by atoms with van der Waals surface area (Å²) in [5, 5.41) is 3.02. The highest BCUT2D eigenvalue weighted by molar-refractivity contribution is 5.93. The van der Waals surface area contributed by atoms with Crippen molar-refractivity contribution in [3.63, 3.8) is 0 Å². The zero-order chi connectivity index (χ0) is 23.3. The van der Waals surface area contributed by atoms with Crippen LogP contribution in [0.1, 0.15) is 11.1 Å². The average Bonchev–Trinajstić information content (AvgIpc) is 3.61. The van der Waals surface area contributed by atoms with E-state index in [4.69, 9.17) is 18.9 Å². The maximum absolute atomic E-state index is 13.4. The molecule has 0 aliphatic carbocycles. The third-order valence-electron chi connectivity index (χ3n) is 7.16. The second-order valence-electron chi connectivity index (χ2n) is 9.17. The standard InChI is InChI=1S/C26H26N2O6/c1-31-18-5-2-16(3-6-18)9-11-27-24(29)22-20-8-10-26(34-20)14-28(25(30)23(22)26)13-17-4-7-19-21(12-17)33-15-32-19/h2-8,10,12,20,22-23H,9,11,13-15H2,1H3,(H,27,29)/t20-,22-,23-,26+/m0/s1. The molecule has 8 heteroatoms. The Kier molecular flexibility index (Phi) is 4.99. The van der Waals surface area contributed by atoms with E-state index in [2.05, 4.69) is 5.32 Å². The lowest BCUT2D eigenvalue weighted by molar-refractivity contribution is -0.137. The van der Waals surface area contributed by atoms with Crippen LogP contribution in [-0.4, -0.2) is 55.4 Å². The summed E-state index contributed by atoms with van der Waals surface area (Å²) >= 11 is 0. The van der Waals surface area contributed by atoms with Gasteiger partial charge in [0.1, 0.15) is 11.4 Å². The molecule has 0 aromatic heterocycles. The zero-order valence-electron chi connectivity index (χ0n) is 18.9. The molecule has 2 bridgehead atoms. The normalized spacial score (nSPS) is 27.9. The number of fused-ring (bicyclic) bond motifs is 2. The minimum absolute atomic E-state index is 0.0418. The maximum atomic E-state index is 13.4. The SMILES string of the molecule is COc1ccc(CCNC(=O)[C@H]2[C@@H]3C=C[C@]4(CN(Cc5ccc6c(c5)OCO6)C(=O)[C@H]24)O3)cc1. The van der Waals surface area contributed by atoms with E-state index in [1.54, 1.807) is 12.0 Å². The van der Waals surface area contributed by atoms with Crippen LogP contribution in [0.25, 0.3) is 0 Å². The van der Waals surface area contributed by atoms with Crippen molar-refractivity contribution in [2.75, 3.05) is 27.0 Å². The predicted molar refractivity (Wildman–Crippen MR) is 121 cm³/mol.